The Bertz CT molecular complexity index is 907. The predicted octanol–water partition coefficient (Wildman–Crippen LogP) is 4.46. The third-order valence-electron chi connectivity index (χ3n) is 6.14. The first-order valence-electron chi connectivity index (χ1n) is 10.0. The fourth-order valence-corrected chi connectivity index (χ4v) is 4.57. The third-order valence-corrected chi connectivity index (χ3v) is 6.14. The van der Waals surface area contributed by atoms with Crippen LogP contribution in [0.15, 0.2) is 72.9 Å². The Balaban J connectivity index is 1.34. The molecule has 0 saturated carbocycles. The van der Waals surface area contributed by atoms with E-state index in [9.17, 15) is 0 Å². The number of hydrogen-bond acceptors (Lipinski definition) is 2. The van der Waals surface area contributed by atoms with Gasteiger partial charge in [0.2, 0.25) is 0 Å². The van der Waals surface area contributed by atoms with E-state index in [4.69, 9.17) is 4.74 Å². The van der Waals surface area contributed by atoms with Crippen molar-refractivity contribution in [1.82, 2.24) is 9.47 Å². The fraction of sp³-hybridized carbons (Fsp3) is 0.333. The molecule has 1 fully saturated rings. The molecule has 1 aromatic heterocycles. The number of aromatic nitrogens is 1. The topological polar surface area (TPSA) is 17.4 Å². The van der Waals surface area contributed by atoms with E-state index in [0.29, 0.717) is 0 Å². The van der Waals surface area contributed by atoms with Crippen LogP contribution in [0.4, 0.5) is 0 Å². The van der Waals surface area contributed by atoms with Gasteiger partial charge < -0.3 is 14.2 Å². The van der Waals surface area contributed by atoms with Crippen molar-refractivity contribution in [2.75, 3.05) is 19.6 Å². The minimum atomic E-state index is -0.195. The molecule has 0 bridgehead atoms. The van der Waals surface area contributed by atoms with Gasteiger partial charge in [0, 0.05) is 44.2 Å². The van der Waals surface area contributed by atoms with Crippen molar-refractivity contribution >= 4 is 0 Å². The van der Waals surface area contributed by atoms with E-state index in [0.717, 1.165) is 51.2 Å². The lowest BCUT2D eigenvalue weighted by atomic mass is 9.87. The van der Waals surface area contributed by atoms with E-state index in [2.05, 4.69) is 82.4 Å². The zero-order valence-electron chi connectivity index (χ0n) is 15.7. The van der Waals surface area contributed by atoms with E-state index in [1.807, 2.05) is 0 Å². The van der Waals surface area contributed by atoms with E-state index < -0.39 is 0 Å². The summed E-state index contributed by atoms with van der Waals surface area (Å²) >= 11 is 0. The molecule has 5 rings (SSSR count). The molecule has 2 aromatic carbocycles. The number of para-hydroxylation sites is 1. The molecule has 3 aromatic rings. The first kappa shape index (κ1) is 16.6. The minimum Gasteiger partial charge on any atom is -0.481 e. The standard InChI is InChI=1S/C24H26N2O/c1-2-7-20(8-3-1)12-16-25-17-13-24(14-18-25)23-11-6-15-26(23)19-21-9-4-5-10-22(21)27-24/h1-11,15H,12-14,16-19H2. The summed E-state index contributed by atoms with van der Waals surface area (Å²) in [6.07, 6.45) is 5.40. The third kappa shape index (κ3) is 3.17. The summed E-state index contributed by atoms with van der Waals surface area (Å²) < 4.78 is 9.11. The van der Waals surface area contributed by atoms with Gasteiger partial charge in [-0.3, -0.25) is 0 Å². The van der Waals surface area contributed by atoms with Crippen molar-refractivity contribution in [3.05, 3.63) is 89.7 Å². The van der Waals surface area contributed by atoms with Crippen LogP contribution in [0.1, 0.15) is 29.7 Å². The van der Waals surface area contributed by atoms with Crippen LogP contribution in [0.25, 0.3) is 0 Å². The number of nitrogens with zero attached hydrogens (tertiary/aromatic N) is 2. The summed E-state index contributed by atoms with van der Waals surface area (Å²) in [5.74, 6) is 1.05. The van der Waals surface area contributed by atoms with E-state index in [-0.39, 0.29) is 5.60 Å². The number of piperidine rings is 1. The molecule has 0 aliphatic carbocycles. The molecular formula is C24H26N2O. The Kier molecular flexibility index (Phi) is 4.25. The Hall–Kier alpha value is -2.52. The van der Waals surface area contributed by atoms with E-state index in [1.165, 1.54) is 16.8 Å². The van der Waals surface area contributed by atoms with Gasteiger partial charge in [-0.25, -0.2) is 0 Å². The van der Waals surface area contributed by atoms with Gasteiger partial charge in [0.25, 0.3) is 0 Å². The van der Waals surface area contributed by atoms with Gasteiger partial charge in [-0.1, -0.05) is 48.5 Å². The molecule has 1 saturated heterocycles. The SMILES string of the molecule is c1ccc(CCN2CCC3(CC2)Oc2ccccc2Cn2cccc23)cc1. The van der Waals surface area contributed by atoms with Crippen molar-refractivity contribution in [3.63, 3.8) is 0 Å². The quantitative estimate of drug-likeness (QED) is 0.688. The number of ether oxygens (including phenoxy) is 1. The highest BCUT2D eigenvalue weighted by molar-refractivity contribution is 5.38. The minimum absolute atomic E-state index is 0.195. The maximum Gasteiger partial charge on any atom is 0.151 e. The lowest BCUT2D eigenvalue weighted by Gasteiger charge is -2.41. The van der Waals surface area contributed by atoms with Crippen LogP contribution >= 0.6 is 0 Å². The zero-order chi connectivity index (χ0) is 18.1. The Labute approximate surface area is 161 Å². The highest BCUT2D eigenvalue weighted by Gasteiger charge is 2.42. The monoisotopic (exact) mass is 358 g/mol. The number of likely N-dealkylation sites (tertiary alicyclic amines) is 1. The molecule has 27 heavy (non-hydrogen) atoms. The molecule has 3 nitrogen and oxygen atoms in total. The van der Waals surface area contributed by atoms with Crippen LogP contribution in [0.3, 0.4) is 0 Å². The van der Waals surface area contributed by atoms with Gasteiger partial charge in [-0.05, 0) is 30.2 Å². The van der Waals surface area contributed by atoms with Crippen molar-refractivity contribution < 1.29 is 4.74 Å². The van der Waals surface area contributed by atoms with Crippen LogP contribution in [-0.2, 0) is 18.6 Å². The van der Waals surface area contributed by atoms with Crippen LogP contribution in [-0.4, -0.2) is 29.1 Å². The second kappa shape index (κ2) is 6.90. The Morgan fingerprint density at radius 1 is 0.852 bits per heavy atom. The van der Waals surface area contributed by atoms with Crippen molar-refractivity contribution in [3.8, 4) is 5.75 Å². The van der Waals surface area contributed by atoms with Crippen molar-refractivity contribution in [2.24, 2.45) is 0 Å². The Morgan fingerprint density at radius 2 is 1.63 bits per heavy atom. The zero-order valence-corrected chi connectivity index (χ0v) is 15.7. The van der Waals surface area contributed by atoms with Gasteiger partial charge in [-0.15, -0.1) is 0 Å². The Morgan fingerprint density at radius 3 is 2.48 bits per heavy atom. The average Bonchev–Trinajstić information content (AvgIpc) is 3.14. The van der Waals surface area contributed by atoms with Crippen LogP contribution in [0.5, 0.6) is 5.75 Å². The van der Waals surface area contributed by atoms with Crippen molar-refractivity contribution in [1.29, 1.82) is 0 Å². The highest BCUT2D eigenvalue weighted by Crippen LogP contribution is 2.41. The van der Waals surface area contributed by atoms with Crippen LogP contribution in [0.2, 0.25) is 0 Å². The second-order valence-electron chi connectivity index (χ2n) is 7.80. The molecule has 0 radical (unpaired) electrons. The second-order valence-corrected chi connectivity index (χ2v) is 7.80. The normalized spacial score (nSPS) is 18.4. The number of rotatable bonds is 3. The molecule has 2 aliphatic rings. The predicted molar refractivity (Wildman–Crippen MR) is 108 cm³/mol. The largest absolute Gasteiger partial charge is 0.481 e. The lowest BCUT2D eigenvalue weighted by Crippen LogP contribution is -2.47. The summed E-state index contributed by atoms with van der Waals surface area (Å²) in [7, 11) is 0. The maximum atomic E-state index is 6.73. The van der Waals surface area contributed by atoms with Gasteiger partial charge in [-0.2, -0.15) is 0 Å². The number of hydrogen-bond donors (Lipinski definition) is 0. The molecule has 0 unspecified atom stereocenters. The van der Waals surface area contributed by atoms with Gasteiger partial charge in [0.1, 0.15) is 5.75 Å². The van der Waals surface area contributed by atoms with Gasteiger partial charge in [0.05, 0.1) is 12.2 Å². The van der Waals surface area contributed by atoms with Gasteiger partial charge >= 0.3 is 0 Å². The summed E-state index contributed by atoms with van der Waals surface area (Å²) in [6, 6.07) is 23.7. The van der Waals surface area contributed by atoms with Crippen molar-refractivity contribution in [2.45, 2.75) is 31.4 Å². The molecule has 2 aliphatic heterocycles. The molecule has 3 heteroatoms. The molecule has 0 atom stereocenters. The summed E-state index contributed by atoms with van der Waals surface area (Å²) in [4.78, 5) is 2.59. The summed E-state index contributed by atoms with van der Waals surface area (Å²) in [6.45, 7) is 4.19. The number of benzene rings is 2. The molecule has 1 spiro atoms. The molecule has 138 valence electrons. The summed E-state index contributed by atoms with van der Waals surface area (Å²) in [5.41, 5.74) is 3.84. The molecule has 0 amide bonds. The van der Waals surface area contributed by atoms with Gasteiger partial charge in [0.15, 0.2) is 5.60 Å². The first-order chi connectivity index (χ1) is 13.3. The molecule has 3 heterocycles. The lowest BCUT2D eigenvalue weighted by molar-refractivity contribution is -0.00568. The molecular weight excluding hydrogens is 332 g/mol. The van der Waals surface area contributed by atoms with E-state index in [1.54, 1.807) is 0 Å². The highest BCUT2D eigenvalue weighted by atomic mass is 16.5. The van der Waals surface area contributed by atoms with E-state index >= 15 is 0 Å². The first-order valence-corrected chi connectivity index (χ1v) is 10.0. The number of fused-ring (bicyclic) bond motifs is 3. The van der Waals surface area contributed by atoms with Crippen LogP contribution < -0.4 is 4.74 Å². The van der Waals surface area contributed by atoms with Crippen LogP contribution in [0, 0.1) is 0 Å². The fourth-order valence-electron chi connectivity index (χ4n) is 4.57. The molecule has 0 N–H and O–H groups in total. The maximum absolute atomic E-state index is 6.73. The summed E-state index contributed by atoms with van der Waals surface area (Å²) in [5, 5.41) is 0. The smallest absolute Gasteiger partial charge is 0.151 e. The average molecular weight is 358 g/mol.